The summed E-state index contributed by atoms with van der Waals surface area (Å²) >= 11 is 0. The lowest BCUT2D eigenvalue weighted by Gasteiger charge is -2.32. The number of fused-ring (bicyclic) bond motifs is 4. The van der Waals surface area contributed by atoms with Crippen LogP contribution in [-0.2, 0) is 18.5 Å². The minimum absolute atomic E-state index is 0.0911. The summed E-state index contributed by atoms with van der Waals surface area (Å²) < 4.78 is 1.64. The monoisotopic (exact) mass is 356 g/mol. The highest BCUT2D eigenvalue weighted by Gasteiger charge is 2.52. The van der Waals surface area contributed by atoms with Crippen LogP contribution in [0.4, 0.5) is 4.79 Å². The molecule has 0 spiro atoms. The Labute approximate surface area is 150 Å². The van der Waals surface area contributed by atoms with Crippen LogP contribution in [0.25, 0.3) is 0 Å². The number of aromatic nitrogens is 2. The molecule has 4 rings (SSSR count). The Morgan fingerprint density at radius 3 is 2.85 bits per heavy atom. The Morgan fingerprint density at radius 1 is 1.42 bits per heavy atom. The van der Waals surface area contributed by atoms with Crippen molar-refractivity contribution < 1.29 is 14.8 Å². The predicted octanol–water partition coefficient (Wildman–Crippen LogP) is 1.68. The summed E-state index contributed by atoms with van der Waals surface area (Å²) in [4.78, 5) is 20.3. The largest absolute Gasteiger partial charge is 0.345 e. The van der Waals surface area contributed by atoms with Gasteiger partial charge in [0.2, 0.25) is 0 Å². The van der Waals surface area contributed by atoms with Gasteiger partial charge in [0.1, 0.15) is 24.5 Å². The van der Waals surface area contributed by atoms with Crippen molar-refractivity contribution >= 4 is 11.9 Å². The molecule has 1 aromatic heterocycles. The van der Waals surface area contributed by atoms with Gasteiger partial charge in [-0.15, -0.1) is 0 Å². The molecule has 26 heavy (non-hydrogen) atoms. The lowest BCUT2D eigenvalue weighted by atomic mass is 9.97. The van der Waals surface area contributed by atoms with Crippen LogP contribution < -0.4 is 0 Å². The lowest BCUT2D eigenvalue weighted by molar-refractivity contribution is -0.141. The molecule has 2 aliphatic heterocycles. The molecule has 1 aromatic carbocycles. The van der Waals surface area contributed by atoms with Crippen LogP contribution in [0.3, 0.4) is 0 Å². The Morgan fingerprint density at radius 2 is 2.15 bits per heavy atom. The Bertz CT molecular complexity index is 849. The summed E-state index contributed by atoms with van der Waals surface area (Å²) in [6.07, 6.45) is 1.70. The van der Waals surface area contributed by atoms with Gasteiger partial charge in [-0.2, -0.15) is 10.2 Å². The first-order chi connectivity index (χ1) is 12.5. The Hall–Kier alpha value is -2.91. The summed E-state index contributed by atoms with van der Waals surface area (Å²) in [6, 6.07) is 8.30. The van der Waals surface area contributed by atoms with Crippen molar-refractivity contribution in [3.05, 3.63) is 53.3 Å². The fraction of sp³-hybridized carbons (Fsp3) is 0.353. The summed E-state index contributed by atoms with van der Waals surface area (Å²) in [6.45, 7) is 0.654. The van der Waals surface area contributed by atoms with E-state index in [1.807, 2.05) is 30.3 Å². The molecule has 0 saturated carbocycles. The molecule has 2 N–H and O–H groups in total. The van der Waals surface area contributed by atoms with E-state index in [2.05, 4.69) is 5.10 Å². The van der Waals surface area contributed by atoms with E-state index in [0.717, 1.165) is 16.2 Å². The normalized spacial score (nSPS) is 21.1. The van der Waals surface area contributed by atoms with Crippen LogP contribution in [0.15, 0.2) is 36.5 Å². The summed E-state index contributed by atoms with van der Waals surface area (Å²) in [5, 5.41) is 24.4. The van der Waals surface area contributed by atoms with Gasteiger partial charge in [-0.25, -0.2) is 9.86 Å². The van der Waals surface area contributed by atoms with Gasteiger partial charge in [-0.05, 0) is 5.56 Å². The van der Waals surface area contributed by atoms with E-state index in [-0.39, 0.29) is 24.5 Å². The molecule has 1 fully saturated rings. The van der Waals surface area contributed by atoms with E-state index in [1.54, 1.807) is 17.9 Å². The quantitative estimate of drug-likeness (QED) is 0.493. The zero-order chi connectivity index (χ0) is 18.4. The minimum Gasteiger partial charge on any atom is -0.304 e. The maximum Gasteiger partial charge on any atom is 0.345 e. The zero-order valence-corrected chi connectivity index (χ0v) is 14.5. The maximum absolute atomic E-state index is 12.9. The first-order valence-corrected chi connectivity index (χ1v) is 8.28. The molecule has 1 saturated heterocycles. The highest BCUT2D eigenvalue weighted by molar-refractivity contribution is 5.91. The minimum atomic E-state index is -0.707. The number of hydrogen-bond acceptors (Lipinski definition) is 5. The molecule has 9 nitrogen and oxygen atoms in total. The van der Waals surface area contributed by atoms with E-state index >= 15 is 0 Å². The summed E-state index contributed by atoms with van der Waals surface area (Å²) in [5.74, 6) is -0.0911. The van der Waals surface area contributed by atoms with Gasteiger partial charge in [0.25, 0.3) is 0 Å². The van der Waals surface area contributed by atoms with Crippen LogP contribution in [0.2, 0.25) is 0 Å². The van der Waals surface area contributed by atoms with Gasteiger partial charge in [-0.3, -0.25) is 20.1 Å². The molecular weight excluding hydrogens is 336 g/mol. The molecule has 0 unspecified atom stereocenters. The molecular formula is C17H20N6O3. The number of rotatable bonds is 4. The van der Waals surface area contributed by atoms with Crippen LogP contribution in [-0.4, -0.2) is 55.5 Å². The van der Waals surface area contributed by atoms with E-state index in [4.69, 9.17) is 10.2 Å². The van der Waals surface area contributed by atoms with Crippen LogP contribution in [0.1, 0.15) is 28.9 Å². The van der Waals surface area contributed by atoms with Crippen molar-refractivity contribution in [3.63, 3.8) is 0 Å². The molecule has 136 valence electrons. The second kappa shape index (κ2) is 6.11. The van der Waals surface area contributed by atoms with Crippen molar-refractivity contribution in [2.75, 3.05) is 13.6 Å². The van der Waals surface area contributed by atoms with Crippen molar-refractivity contribution in [3.8, 4) is 0 Å². The number of nitrogens with one attached hydrogen (secondary N) is 1. The smallest absolute Gasteiger partial charge is 0.304 e. The third-order valence-corrected chi connectivity index (χ3v) is 4.85. The predicted molar refractivity (Wildman–Crippen MR) is 91.1 cm³/mol. The molecule has 2 amide bonds. The first kappa shape index (κ1) is 16.6. The number of nitrogens with zero attached hydrogens (tertiary/aromatic N) is 5. The first-order valence-electron chi connectivity index (χ1n) is 8.28. The van der Waals surface area contributed by atoms with Crippen LogP contribution in [0, 0.1) is 5.41 Å². The van der Waals surface area contributed by atoms with Crippen molar-refractivity contribution in [2.45, 2.75) is 18.7 Å². The number of benzene rings is 1. The number of urea groups is 1. The van der Waals surface area contributed by atoms with Crippen LogP contribution in [0.5, 0.6) is 0 Å². The Balaban J connectivity index is 1.66. The highest BCUT2D eigenvalue weighted by Crippen LogP contribution is 2.44. The molecule has 2 bridgehead atoms. The van der Waals surface area contributed by atoms with Gasteiger partial charge < -0.3 is 4.90 Å². The number of likely N-dealkylation sites (N-methyl/N-ethyl adjacent to an activating group) is 1. The number of amides is 2. The molecule has 2 atom stereocenters. The molecule has 2 aliphatic rings. The number of hydrogen-bond donors (Lipinski definition) is 2. The van der Waals surface area contributed by atoms with E-state index in [0.29, 0.717) is 12.2 Å². The molecule has 3 heterocycles. The second-order valence-corrected chi connectivity index (χ2v) is 6.46. The van der Waals surface area contributed by atoms with Crippen molar-refractivity contribution in [1.82, 2.24) is 24.8 Å². The SMILES string of the molecule is CN(O)C(=N)[C@@H]1c2c(cnn2C)[C@@H]2CN1C(=O)N2OCc1ccccc1. The number of carbonyl (C=O) groups excluding carboxylic acids is 1. The average Bonchev–Trinajstić information content (AvgIpc) is 3.15. The fourth-order valence-electron chi connectivity index (χ4n) is 3.56. The number of aryl methyl sites for hydroxylation is 1. The highest BCUT2D eigenvalue weighted by atomic mass is 16.7. The number of carbonyl (C=O) groups is 1. The van der Waals surface area contributed by atoms with E-state index < -0.39 is 6.04 Å². The topological polar surface area (TPSA) is 97.9 Å². The maximum atomic E-state index is 12.9. The third kappa shape index (κ3) is 2.44. The third-order valence-electron chi connectivity index (χ3n) is 4.85. The van der Waals surface area contributed by atoms with Gasteiger partial charge in [-0.1, -0.05) is 30.3 Å². The van der Waals surface area contributed by atoms with Gasteiger partial charge in [0, 0.05) is 19.7 Å². The number of hydroxylamine groups is 4. The molecule has 0 aliphatic carbocycles. The van der Waals surface area contributed by atoms with Gasteiger partial charge in [0.05, 0.1) is 18.4 Å². The summed E-state index contributed by atoms with van der Waals surface area (Å²) in [7, 11) is 3.14. The molecule has 2 aromatic rings. The average molecular weight is 356 g/mol. The van der Waals surface area contributed by atoms with E-state index in [9.17, 15) is 10.0 Å². The van der Waals surface area contributed by atoms with Crippen molar-refractivity contribution in [2.24, 2.45) is 7.05 Å². The van der Waals surface area contributed by atoms with Gasteiger partial charge in [0.15, 0.2) is 0 Å². The second-order valence-electron chi connectivity index (χ2n) is 6.46. The lowest BCUT2D eigenvalue weighted by Crippen LogP contribution is -2.43. The fourth-order valence-corrected chi connectivity index (χ4v) is 3.56. The van der Waals surface area contributed by atoms with Gasteiger partial charge >= 0.3 is 6.03 Å². The number of amidine groups is 1. The van der Waals surface area contributed by atoms with Crippen LogP contribution >= 0.6 is 0 Å². The molecule has 0 radical (unpaired) electrons. The standard InChI is InChI=1S/C17H20N6O3/c1-20-14-12(8-19-20)13-9-22(15(14)16(18)21(2)25)17(24)23(13)26-10-11-6-4-3-5-7-11/h3-8,13,15,18,25H,9-10H2,1-2H3/t13-,15-/m0/s1. The molecule has 9 heteroatoms. The zero-order valence-electron chi connectivity index (χ0n) is 14.5. The summed E-state index contributed by atoms with van der Waals surface area (Å²) in [5.41, 5.74) is 2.51. The van der Waals surface area contributed by atoms with E-state index in [1.165, 1.54) is 17.0 Å². The van der Waals surface area contributed by atoms with Crippen molar-refractivity contribution in [1.29, 1.82) is 5.41 Å². The Kier molecular flexibility index (Phi) is 3.89.